The molecule has 2 N–H and O–H groups in total. The van der Waals surface area contributed by atoms with Gasteiger partial charge in [0.1, 0.15) is 0 Å². The Morgan fingerprint density at radius 3 is 2.92 bits per heavy atom. The first-order chi connectivity index (χ1) is 11.8. The summed E-state index contributed by atoms with van der Waals surface area (Å²) in [6, 6.07) is 12.0. The molecule has 0 spiro atoms. The number of nitrogens with zero attached hydrogens (tertiary/aromatic N) is 3. The summed E-state index contributed by atoms with van der Waals surface area (Å²) in [5, 5.41) is 13.1. The van der Waals surface area contributed by atoms with Gasteiger partial charge in [-0.2, -0.15) is 5.10 Å². The fraction of sp³-hybridized carbons (Fsp3) is 0.222. The fourth-order valence-corrected chi connectivity index (χ4v) is 3.23. The van der Waals surface area contributed by atoms with E-state index in [1.165, 1.54) is 11.1 Å². The molecule has 0 aliphatic carbocycles. The highest BCUT2D eigenvalue weighted by Crippen LogP contribution is 2.22. The van der Waals surface area contributed by atoms with Crippen LogP contribution in [0.5, 0.6) is 0 Å². The third kappa shape index (κ3) is 2.55. The van der Waals surface area contributed by atoms with Crippen molar-refractivity contribution in [1.82, 2.24) is 20.0 Å². The molecule has 2 aromatic heterocycles. The molecule has 0 radical (unpaired) electrons. The maximum atomic E-state index is 13.0. The Morgan fingerprint density at radius 1 is 1.25 bits per heavy atom. The smallest absolute Gasteiger partial charge is 0.258 e. The van der Waals surface area contributed by atoms with E-state index in [2.05, 4.69) is 22.7 Å². The van der Waals surface area contributed by atoms with E-state index in [1.807, 2.05) is 29.2 Å². The van der Waals surface area contributed by atoms with E-state index < -0.39 is 0 Å². The van der Waals surface area contributed by atoms with Crippen molar-refractivity contribution in [3.05, 3.63) is 71.0 Å². The van der Waals surface area contributed by atoms with Crippen LogP contribution in [0.4, 0.5) is 0 Å². The monoisotopic (exact) mass is 322 g/mol. The Labute approximate surface area is 139 Å². The molecule has 1 aliphatic rings. The Bertz CT molecular complexity index is 903. The van der Waals surface area contributed by atoms with E-state index in [9.17, 15) is 4.79 Å². The minimum absolute atomic E-state index is 0.00592. The number of hydroxylamine groups is 1. The molecule has 0 unspecified atom stereocenters. The SMILES string of the molecule is O=C(c1cnn2ccc(CNO)cc12)N1CCc2ccccc2C1. The highest BCUT2D eigenvalue weighted by molar-refractivity contribution is 6.00. The zero-order chi connectivity index (χ0) is 16.5. The Hall–Kier alpha value is -2.70. The second-order valence-electron chi connectivity index (χ2n) is 6.00. The lowest BCUT2D eigenvalue weighted by Gasteiger charge is -2.28. The number of amides is 1. The molecule has 1 aromatic carbocycles. The lowest BCUT2D eigenvalue weighted by Crippen LogP contribution is -2.35. The van der Waals surface area contributed by atoms with E-state index in [0.717, 1.165) is 17.5 Å². The second kappa shape index (κ2) is 6.07. The molecule has 6 heteroatoms. The Morgan fingerprint density at radius 2 is 2.08 bits per heavy atom. The first-order valence-electron chi connectivity index (χ1n) is 7.95. The molecule has 0 atom stereocenters. The summed E-state index contributed by atoms with van der Waals surface area (Å²) in [4.78, 5) is 14.8. The Kier molecular flexibility index (Phi) is 3.76. The van der Waals surface area contributed by atoms with Crippen LogP contribution >= 0.6 is 0 Å². The summed E-state index contributed by atoms with van der Waals surface area (Å²) in [5.41, 5.74) is 6.90. The maximum absolute atomic E-state index is 13.0. The number of aromatic nitrogens is 2. The maximum Gasteiger partial charge on any atom is 0.258 e. The van der Waals surface area contributed by atoms with E-state index in [4.69, 9.17) is 5.21 Å². The van der Waals surface area contributed by atoms with Gasteiger partial charge >= 0.3 is 0 Å². The van der Waals surface area contributed by atoms with E-state index in [0.29, 0.717) is 25.2 Å². The van der Waals surface area contributed by atoms with Gasteiger partial charge in [-0.1, -0.05) is 24.3 Å². The fourth-order valence-electron chi connectivity index (χ4n) is 3.23. The predicted octanol–water partition coefficient (Wildman–Crippen LogP) is 2.01. The molecule has 0 fully saturated rings. The van der Waals surface area contributed by atoms with Gasteiger partial charge in [0.2, 0.25) is 0 Å². The molecule has 0 saturated carbocycles. The summed E-state index contributed by atoms with van der Waals surface area (Å²) < 4.78 is 1.69. The van der Waals surface area contributed by atoms with Gasteiger partial charge in [-0.3, -0.25) is 4.79 Å². The highest BCUT2D eigenvalue weighted by Gasteiger charge is 2.24. The van der Waals surface area contributed by atoms with Crippen LogP contribution in [0.15, 0.2) is 48.8 Å². The van der Waals surface area contributed by atoms with Crippen LogP contribution in [0, 0.1) is 0 Å². The highest BCUT2D eigenvalue weighted by atomic mass is 16.5. The van der Waals surface area contributed by atoms with Gasteiger partial charge in [0.25, 0.3) is 5.91 Å². The van der Waals surface area contributed by atoms with Gasteiger partial charge in [-0.25, -0.2) is 10.00 Å². The zero-order valence-corrected chi connectivity index (χ0v) is 13.1. The number of benzene rings is 1. The van der Waals surface area contributed by atoms with Gasteiger partial charge in [0, 0.05) is 25.8 Å². The average Bonchev–Trinajstić information content (AvgIpc) is 3.04. The minimum atomic E-state index is -0.00592. The molecule has 4 rings (SSSR count). The molecule has 24 heavy (non-hydrogen) atoms. The summed E-state index contributed by atoms with van der Waals surface area (Å²) in [5.74, 6) is -0.00592. The van der Waals surface area contributed by atoms with Crippen molar-refractivity contribution in [2.45, 2.75) is 19.5 Å². The molecule has 1 aliphatic heterocycles. The van der Waals surface area contributed by atoms with Crippen molar-refractivity contribution < 1.29 is 10.0 Å². The van der Waals surface area contributed by atoms with Crippen molar-refractivity contribution >= 4 is 11.4 Å². The third-order valence-electron chi connectivity index (χ3n) is 4.52. The molecule has 6 nitrogen and oxygen atoms in total. The number of nitrogens with one attached hydrogen (secondary N) is 1. The normalized spacial score (nSPS) is 14.0. The van der Waals surface area contributed by atoms with E-state index >= 15 is 0 Å². The van der Waals surface area contributed by atoms with Crippen molar-refractivity contribution in [2.75, 3.05) is 6.54 Å². The van der Waals surface area contributed by atoms with Crippen LogP contribution in [0.1, 0.15) is 27.0 Å². The number of hydrogen-bond acceptors (Lipinski definition) is 4. The first-order valence-corrected chi connectivity index (χ1v) is 7.95. The second-order valence-corrected chi connectivity index (χ2v) is 6.00. The first kappa shape index (κ1) is 14.9. The van der Waals surface area contributed by atoms with Crippen LogP contribution in [-0.4, -0.2) is 32.2 Å². The molecule has 122 valence electrons. The van der Waals surface area contributed by atoms with Crippen LogP contribution in [0.2, 0.25) is 0 Å². The lowest BCUT2D eigenvalue weighted by molar-refractivity contribution is 0.0736. The molecule has 0 saturated heterocycles. The topological polar surface area (TPSA) is 69.9 Å². The van der Waals surface area contributed by atoms with Crippen LogP contribution in [0.3, 0.4) is 0 Å². The van der Waals surface area contributed by atoms with E-state index in [-0.39, 0.29) is 5.91 Å². The summed E-state index contributed by atoms with van der Waals surface area (Å²) >= 11 is 0. The van der Waals surface area contributed by atoms with Crippen LogP contribution < -0.4 is 5.48 Å². The van der Waals surface area contributed by atoms with Crippen molar-refractivity contribution in [2.24, 2.45) is 0 Å². The molecular formula is C18H18N4O2. The number of pyridine rings is 1. The third-order valence-corrected chi connectivity index (χ3v) is 4.52. The van der Waals surface area contributed by atoms with Crippen LogP contribution in [0.25, 0.3) is 5.52 Å². The average molecular weight is 322 g/mol. The summed E-state index contributed by atoms with van der Waals surface area (Å²) in [6.45, 7) is 1.67. The molecule has 3 aromatic rings. The van der Waals surface area contributed by atoms with Crippen molar-refractivity contribution in [3.8, 4) is 0 Å². The molecular weight excluding hydrogens is 304 g/mol. The molecule has 1 amide bonds. The summed E-state index contributed by atoms with van der Waals surface area (Å²) in [6.07, 6.45) is 4.29. The number of carbonyl (C=O) groups excluding carboxylic acids is 1. The van der Waals surface area contributed by atoms with Gasteiger partial charge in [0.05, 0.1) is 17.3 Å². The van der Waals surface area contributed by atoms with Gasteiger partial charge in [-0.05, 0) is 35.2 Å². The standard InChI is InChI=1S/C18H18N4O2/c23-18(21-7-6-14-3-1-2-4-15(14)12-21)16-11-19-22-8-5-13(10-20-24)9-17(16)22/h1-5,8-9,11,20,24H,6-7,10,12H2. The molecule has 0 bridgehead atoms. The van der Waals surface area contributed by atoms with Crippen molar-refractivity contribution in [1.29, 1.82) is 0 Å². The number of hydrogen-bond donors (Lipinski definition) is 2. The van der Waals surface area contributed by atoms with Gasteiger partial charge < -0.3 is 10.1 Å². The van der Waals surface area contributed by atoms with E-state index in [1.54, 1.807) is 16.9 Å². The number of fused-ring (bicyclic) bond motifs is 2. The summed E-state index contributed by atoms with van der Waals surface area (Å²) in [7, 11) is 0. The lowest BCUT2D eigenvalue weighted by atomic mass is 9.99. The van der Waals surface area contributed by atoms with Gasteiger partial charge in [-0.15, -0.1) is 0 Å². The quantitative estimate of drug-likeness (QED) is 0.724. The number of rotatable bonds is 3. The largest absolute Gasteiger partial charge is 0.334 e. The molecule has 3 heterocycles. The number of carbonyl (C=O) groups is 1. The zero-order valence-electron chi connectivity index (χ0n) is 13.1. The van der Waals surface area contributed by atoms with Crippen molar-refractivity contribution in [3.63, 3.8) is 0 Å². The van der Waals surface area contributed by atoms with Gasteiger partial charge in [0.15, 0.2) is 0 Å². The predicted molar refractivity (Wildman–Crippen MR) is 88.7 cm³/mol. The minimum Gasteiger partial charge on any atom is -0.334 e. The van der Waals surface area contributed by atoms with Crippen LogP contribution in [-0.2, 0) is 19.5 Å². The Balaban J connectivity index is 1.65.